The average Bonchev–Trinajstić information content (AvgIpc) is 3.33. The van der Waals surface area contributed by atoms with Crippen molar-refractivity contribution in [2.75, 3.05) is 0 Å². The monoisotopic (exact) mass is 382 g/mol. The van der Waals surface area contributed by atoms with Gasteiger partial charge < -0.3 is 14.8 Å². The molecule has 3 heterocycles. The minimum absolute atomic E-state index is 0.0976. The number of aryl methyl sites for hydroxylation is 1. The molecule has 4 nitrogen and oxygen atoms in total. The van der Waals surface area contributed by atoms with E-state index in [4.69, 9.17) is 12.2 Å². The van der Waals surface area contributed by atoms with Crippen molar-refractivity contribution in [3.63, 3.8) is 0 Å². The number of hydrogen-bond acceptors (Lipinski definition) is 2. The molecule has 1 N–H and O–H groups in total. The Morgan fingerprint density at radius 1 is 1.19 bits per heavy atom. The van der Waals surface area contributed by atoms with Crippen molar-refractivity contribution in [2.45, 2.75) is 77.5 Å². The lowest BCUT2D eigenvalue weighted by Gasteiger charge is -2.33. The standard InChI is InChI=1S/C22H30N4S/c1-14(2)25-15(3)13-18(16(25)4)21-20(19-11-7-8-12-23-19)24-22(27)26(21)17-9-5-6-10-17/h7-8,11-14,17,20-21H,5-6,9-10H2,1-4H3,(H,24,27)/t20-,21+/m1/s1. The molecule has 4 rings (SSSR count). The molecule has 2 aliphatic rings. The Balaban J connectivity index is 1.82. The second-order valence-electron chi connectivity index (χ2n) is 8.26. The first-order chi connectivity index (χ1) is 13.0. The molecule has 0 spiro atoms. The Morgan fingerprint density at radius 3 is 2.52 bits per heavy atom. The Labute approximate surface area is 168 Å². The topological polar surface area (TPSA) is 33.1 Å². The van der Waals surface area contributed by atoms with Gasteiger partial charge in [0.05, 0.1) is 17.8 Å². The van der Waals surface area contributed by atoms with Gasteiger partial charge in [0.25, 0.3) is 0 Å². The molecule has 2 aromatic rings. The molecule has 1 saturated carbocycles. The van der Waals surface area contributed by atoms with Crippen molar-refractivity contribution in [2.24, 2.45) is 0 Å². The third-order valence-electron chi connectivity index (χ3n) is 6.21. The zero-order chi connectivity index (χ0) is 19.1. The van der Waals surface area contributed by atoms with Crippen LogP contribution >= 0.6 is 12.2 Å². The molecule has 2 fully saturated rings. The summed E-state index contributed by atoms with van der Waals surface area (Å²) in [6.07, 6.45) is 6.95. The molecule has 0 amide bonds. The maximum Gasteiger partial charge on any atom is 0.170 e. The number of nitrogens with zero attached hydrogens (tertiary/aromatic N) is 3. The molecule has 27 heavy (non-hydrogen) atoms. The van der Waals surface area contributed by atoms with Crippen LogP contribution in [0.1, 0.15) is 80.3 Å². The largest absolute Gasteiger partial charge is 0.352 e. The summed E-state index contributed by atoms with van der Waals surface area (Å²) in [6.45, 7) is 8.98. The van der Waals surface area contributed by atoms with Crippen LogP contribution < -0.4 is 5.32 Å². The van der Waals surface area contributed by atoms with Crippen molar-refractivity contribution >= 4 is 17.3 Å². The summed E-state index contributed by atoms with van der Waals surface area (Å²) in [5.74, 6) is 0. The van der Waals surface area contributed by atoms with E-state index in [9.17, 15) is 0 Å². The Kier molecular flexibility index (Phi) is 4.97. The van der Waals surface area contributed by atoms with Gasteiger partial charge in [0, 0.05) is 29.7 Å². The zero-order valence-electron chi connectivity index (χ0n) is 16.8. The van der Waals surface area contributed by atoms with Gasteiger partial charge in [-0.2, -0.15) is 0 Å². The van der Waals surface area contributed by atoms with Gasteiger partial charge in [0.2, 0.25) is 0 Å². The molecule has 2 aromatic heterocycles. The van der Waals surface area contributed by atoms with E-state index in [-0.39, 0.29) is 12.1 Å². The third-order valence-corrected chi connectivity index (χ3v) is 6.54. The number of rotatable bonds is 4. The van der Waals surface area contributed by atoms with Gasteiger partial charge >= 0.3 is 0 Å². The van der Waals surface area contributed by atoms with E-state index in [1.54, 1.807) is 0 Å². The van der Waals surface area contributed by atoms with Gasteiger partial charge in [-0.1, -0.05) is 18.9 Å². The Bertz CT molecular complexity index is 820. The van der Waals surface area contributed by atoms with Crippen molar-refractivity contribution < 1.29 is 0 Å². The summed E-state index contributed by atoms with van der Waals surface area (Å²) in [4.78, 5) is 7.16. The van der Waals surface area contributed by atoms with Crippen LogP contribution in [0.25, 0.3) is 0 Å². The smallest absolute Gasteiger partial charge is 0.170 e. The van der Waals surface area contributed by atoms with Crippen LogP contribution in [-0.2, 0) is 0 Å². The highest BCUT2D eigenvalue weighted by Gasteiger charge is 2.44. The highest BCUT2D eigenvalue weighted by atomic mass is 32.1. The summed E-state index contributed by atoms with van der Waals surface area (Å²) in [5.41, 5.74) is 5.13. The van der Waals surface area contributed by atoms with E-state index in [2.05, 4.69) is 65.7 Å². The molecule has 1 aliphatic heterocycles. The predicted octanol–water partition coefficient (Wildman–Crippen LogP) is 5.00. The molecule has 1 saturated heterocycles. The SMILES string of the molecule is Cc1cc([C@H]2[C@@H](c3ccccn3)NC(=S)N2C2CCCC2)c(C)n1C(C)C. The maximum absolute atomic E-state index is 5.85. The van der Waals surface area contributed by atoms with Crippen molar-refractivity contribution in [3.8, 4) is 0 Å². The molecule has 5 heteroatoms. The van der Waals surface area contributed by atoms with Crippen LogP contribution in [0.5, 0.6) is 0 Å². The third kappa shape index (κ3) is 3.16. The van der Waals surface area contributed by atoms with Crippen LogP contribution in [0.2, 0.25) is 0 Å². The van der Waals surface area contributed by atoms with Crippen molar-refractivity contribution in [1.29, 1.82) is 0 Å². The van der Waals surface area contributed by atoms with Crippen LogP contribution in [0.15, 0.2) is 30.5 Å². The Hall–Kier alpha value is -1.88. The number of nitrogens with one attached hydrogen (secondary N) is 1. The molecular weight excluding hydrogens is 352 g/mol. The van der Waals surface area contributed by atoms with Gasteiger partial charge in [0.15, 0.2) is 5.11 Å². The fourth-order valence-corrected chi connectivity index (χ4v) is 5.56. The van der Waals surface area contributed by atoms with Gasteiger partial charge in [-0.3, -0.25) is 4.98 Å². The van der Waals surface area contributed by atoms with E-state index in [0.29, 0.717) is 12.1 Å². The molecule has 1 aliphatic carbocycles. The normalized spacial score (nSPS) is 23.4. The number of thiocarbonyl (C=S) groups is 1. The molecule has 0 unspecified atom stereocenters. The molecule has 0 radical (unpaired) electrons. The van der Waals surface area contributed by atoms with Crippen molar-refractivity contribution in [3.05, 3.63) is 53.1 Å². The van der Waals surface area contributed by atoms with Gasteiger partial charge in [-0.15, -0.1) is 0 Å². The van der Waals surface area contributed by atoms with E-state index >= 15 is 0 Å². The van der Waals surface area contributed by atoms with Crippen molar-refractivity contribution in [1.82, 2.24) is 19.8 Å². The Morgan fingerprint density at radius 2 is 1.93 bits per heavy atom. The van der Waals surface area contributed by atoms with Crippen LogP contribution in [0.4, 0.5) is 0 Å². The lowest BCUT2D eigenvalue weighted by atomic mass is 9.95. The molecule has 144 valence electrons. The van der Waals surface area contributed by atoms with Gasteiger partial charge in [-0.05, 0) is 76.5 Å². The lowest BCUT2D eigenvalue weighted by Crippen LogP contribution is -2.37. The van der Waals surface area contributed by atoms with E-state index in [1.165, 1.54) is 42.6 Å². The van der Waals surface area contributed by atoms with Gasteiger partial charge in [0.1, 0.15) is 0 Å². The highest BCUT2D eigenvalue weighted by molar-refractivity contribution is 7.80. The lowest BCUT2D eigenvalue weighted by molar-refractivity contribution is 0.244. The van der Waals surface area contributed by atoms with Gasteiger partial charge in [-0.25, -0.2) is 0 Å². The van der Waals surface area contributed by atoms with E-state index < -0.39 is 0 Å². The molecule has 2 atom stereocenters. The first kappa shape index (κ1) is 18.5. The highest BCUT2D eigenvalue weighted by Crippen LogP contribution is 2.44. The molecule has 0 bridgehead atoms. The summed E-state index contributed by atoms with van der Waals surface area (Å²) < 4.78 is 2.44. The number of pyridine rings is 1. The zero-order valence-corrected chi connectivity index (χ0v) is 17.6. The minimum Gasteiger partial charge on any atom is -0.352 e. The van der Waals surface area contributed by atoms with E-state index in [0.717, 1.165) is 10.8 Å². The fraction of sp³-hybridized carbons (Fsp3) is 0.545. The second kappa shape index (κ2) is 7.27. The average molecular weight is 383 g/mol. The summed E-state index contributed by atoms with van der Waals surface area (Å²) in [7, 11) is 0. The summed E-state index contributed by atoms with van der Waals surface area (Å²) in [5, 5.41) is 4.50. The van der Waals surface area contributed by atoms with Crippen LogP contribution in [0.3, 0.4) is 0 Å². The number of hydrogen-bond donors (Lipinski definition) is 1. The summed E-state index contributed by atoms with van der Waals surface area (Å²) >= 11 is 5.85. The predicted molar refractivity (Wildman–Crippen MR) is 114 cm³/mol. The van der Waals surface area contributed by atoms with Crippen LogP contribution in [0, 0.1) is 13.8 Å². The van der Waals surface area contributed by atoms with Crippen LogP contribution in [-0.4, -0.2) is 25.6 Å². The maximum atomic E-state index is 5.85. The molecular formula is C22H30N4S. The summed E-state index contributed by atoms with van der Waals surface area (Å²) in [6, 6.07) is 9.82. The quantitative estimate of drug-likeness (QED) is 0.755. The first-order valence-electron chi connectivity index (χ1n) is 10.2. The molecule has 0 aromatic carbocycles. The van der Waals surface area contributed by atoms with E-state index in [1.807, 2.05) is 12.3 Å². The number of aromatic nitrogens is 2. The second-order valence-corrected chi connectivity index (χ2v) is 8.65. The first-order valence-corrected chi connectivity index (χ1v) is 10.6. The minimum atomic E-state index is 0.0976. The fourth-order valence-electron chi connectivity index (χ4n) is 5.17.